The summed E-state index contributed by atoms with van der Waals surface area (Å²) in [7, 11) is -14.9. The third-order valence-corrected chi connectivity index (χ3v) is 14.3. The molecule has 0 radical (unpaired) electrons. The Balaban J connectivity index is 2.83. The minimum absolute atomic E-state index is 0.229. The topological polar surface area (TPSA) is 113 Å². The van der Waals surface area contributed by atoms with Crippen molar-refractivity contribution in [2.24, 2.45) is 0 Å². The lowest BCUT2D eigenvalue weighted by Gasteiger charge is -2.53. The monoisotopic (exact) mass is 846 g/mol. The molecule has 0 bridgehead atoms. The Morgan fingerprint density at radius 2 is 0.686 bits per heavy atom. The van der Waals surface area contributed by atoms with Gasteiger partial charge in [0.1, 0.15) is 48.8 Å². The molecule has 304 valence electrons. The van der Waals surface area contributed by atoms with Gasteiger partial charge in [0.05, 0.1) is 13.2 Å². The number of ether oxygens (including phenoxy) is 3. The summed E-state index contributed by atoms with van der Waals surface area (Å²) in [5, 5.41) is 11.5. The zero-order chi connectivity index (χ0) is 39.8. The average Bonchev–Trinajstić information content (AvgIpc) is 2.84. The van der Waals surface area contributed by atoms with Crippen LogP contribution >= 0.6 is 0 Å². The predicted octanol–water partition coefficient (Wildman–Crippen LogP) is 7.62. The maximum atomic E-state index is 11.5. The maximum Gasteiger partial charge on any atom is 0.186 e. The molecular weight excluding hydrogens is 769 g/mol. The van der Waals surface area contributed by atoms with Gasteiger partial charge in [-0.05, 0) is 137 Å². The summed E-state index contributed by atoms with van der Waals surface area (Å²) >= 11 is 0. The summed E-state index contributed by atoms with van der Waals surface area (Å²) in [6, 6.07) is 0. The Labute approximate surface area is 319 Å². The third kappa shape index (κ3) is 18.3. The van der Waals surface area contributed by atoms with E-state index in [1.54, 1.807) is 0 Å². The van der Waals surface area contributed by atoms with Crippen LogP contribution in [0.25, 0.3) is 0 Å². The van der Waals surface area contributed by atoms with E-state index in [1.165, 1.54) is 0 Å². The molecule has 2 fully saturated rings. The Hall–Kier alpha value is 1.08. The summed E-state index contributed by atoms with van der Waals surface area (Å²) in [4.78, 5) is 0. The van der Waals surface area contributed by atoms with Gasteiger partial charge in [-0.15, -0.1) is 0 Å². The highest BCUT2D eigenvalue weighted by molar-refractivity contribution is 6.72. The van der Waals surface area contributed by atoms with Gasteiger partial charge in [0.25, 0.3) is 0 Å². The Morgan fingerprint density at radius 1 is 0.373 bits per heavy atom. The quantitative estimate of drug-likeness (QED) is 0.138. The van der Waals surface area contributed by atoms with E-state index in [-0.39, 0.29) is 6.61 Å². The van der Waals surface area contributed by atoms with Crippen LogP contribution in [-0.2, 0) is 45.2 Å². The van der Waals surface area contributed by atoms with Crippen molar-refractivity contribution in [2.45, 2.75) is 199 Å². The zero-order valence-corrected chi connectivity index (χ0v) is 43.2. The number of hydrogen-bond acceptors (Lipinski definition) is 11. The summed E-state index contributed by atoms with van der Waals surface area (Å²) in [6.45, 7) is 45.9. The van der Waals surface area contributed by atoms with Crippen molar-refractivity contribution < 1.29 is 50.3 Å². The molecule has 1 N–H and O–H groups in total. The third-order valence-electron chi connectivity index (χ3n) is 7.30. The lowest BCUT2D eigenvalue weighted by molar-refractivity contribution is -0.346. The molecule has 2 heterocycles. The van der Waals surface area contributed by atoms with Crippen molar-refractivity contribution in [2.75, 3.05) is 13.2 Å². The fourth-order valence-corrected chi connectivity index (χ4v) is 12.6. The summed E-state index contributed by atoms with van der Waals surface area (Å²) in [5.74, 6) is 0. The predicted molar refractivity (Wildman–Crippen MR) is 224 cm³/mol. The van der Waals surface area contributed by atoms with Gasteiger partial charge in [-0.2, -0.15) is 0 Å². The zero-order valence-electron chi connectivity index (χ0n) is 36.2. The normalized spacial score (nSPS) is 32.4. The molecular formula is C33H78O11Si7. The van der Waals surface area contributed by atoms with Crippen molar-refractivity contribution in [3.05, 3.63) is 0 Å². The second-order valence-corrected chi connectivity index (χ2v) is 52.4. The second kappa shape index (κ2) is 17.7. The molecule has 0 amide bonds. The van der Waals surface area contributed by atoms with E-state index in [9.17, 15) is 5.11 Å². The van der Waals surface area contributed by atoms with Gasteiger partial charge in [0.15, 0.2) is 70.8 Å². The van der Waals surface area contributed by atoms with Crippen molar-refractivity contribution in [1.82, 2.24) is 0 Å². The summed E-state index contributed by atoms with van der Waals surface area (Å²) in [5.41, 5.74) is 0. The molecule has 0 spiro atoms. The van der Waals surface area contributed by atoms with Gasteiger partial charge in [-0.1, -0.05) is 0 Å². The minimum atomic E-state index is -2.23. The van der Waals surface area contributed by atoms with Gasteiger partial charge in [0.2, 0.25) is 0 Å². The minimum Gasteiger partial charge on any atom is -0.415 e. The number of aliphatic hydroxyl groups is 1. The Kier molecular flexibility index (Phi) is 16.7. The average molecular weight is 848 g/mol. The van der Waals surface area contributed by atoms with E-state index < -0.39 is 120 Å². The van der Waals surface area contributed by atoms with Gasteiger partial charge in [-0.25, -0.2) is 0 Å². The molecule has 18 heteroatoms. The van der Waals surface area contributed by atoms with Gasteiger partial charge in [0, 0.05) is 0 Å². The van der Waals surface area contributed by atoms with Crippen molar-refractivity contribution in [3.63, 3.8) is 0 Å². The van der Waals surface area contributed by atoms with Crippen LogP contribution in [0.3, 0.4) is 0 Å². The standard InChI is InChI=1S/C33H78O11Si7/c1-45(2,3)35-22-24-26(28(41-48(10,11)12)30(32(34)37-24)43-50(16,17)18)39-33-31(44-51(19,20)21)29(42-49(13,14)15)27(40-47(7,8)9)25(38-33)23-36-46(4,5)6/h24-34H,22-23H2,1-21H3/t24-,25-,26-,27+,28+,29+,30-,31-,32+,33+/m1/s1. The van der Waals surface area contributed by atoms with E-state index in [1.807, 2.05) is 0 Å². The first-order valence-electron chi connectivity index (χ1n) is 18.8. The molecule has 0 unspecified atom stereocenters. The van der Waals surface area contributed by atoms with Crippen molar-refractivity contribution in [1.29, 1.82) is 0 Å². The highest BCUT2D eigenvalue weighted by atomic mass is 28.4. The summed E-state index contributed by atoms with van der Waals surface area (Å²) < 4.78 is 68.5. The van der Waals surface area contributed by atoms with Crippen LogP contribution in [0.15, 0.2) is 0 Å². The van der Waals surface area contributed by atoms with Crippen LogP contribution in [0.5, 0.6) is 0 Å². The number of rotatable bonds is 18. The molecule has 2 rings (SSSR count). The SMILES string of the molecule is C[Si](C)(C)OC[C@H]1O[C@@H](O[C@H]2[C@H](O[Si](C)(C)C)[C@@H](O[Si](C)(C)C)[C@@H](O)O[C@@H]2CO[Si](C)(C)C)[C@H](O[Si](C)(C)C)[C@@H](O[Si](C)(C)C)[C@H]1O[Si](C)(C)C. The first-order chi connectivity index (χ1) is 22.5. The molecule has 10 atom stereocenters. The molecule has 2 saturated heterocycles. The first kappa shape index (κ1) is 48.2. The highest BCUT2D eigenvalue weighted by Gasteiger charge is 2.56. The highest BCUT2D eigenvalue weighted by Crippen LogP contribution is 2.38. The van der Waals surface area contributed by atoms with Gasteiger partial charge >= 0.3 is 0 Å². The van der Waals surface area contributed by atoms with Crippen LogP contribution in [0.2, 0.25) is 137 Å². The molecule has 0 aromatic heterocycles. The first-order valence-corrected chi connectivity index (χ1v) is 42.7. The van der Waals surface area contributed by atoms with Gasteiger partial charge < -0.3 is 50.3 Å². The largest absolute Gasteiger partial charge is 0.415 e. The van der Waals surface area contributed by atoms with Crippen LogP contribution in [0.1, 0.15) is 0 Å². The molecule has 2 aliphatic rings. The molecule has 11 nitrogen and oxygen atoms in total. The Bertz CT molecular complexity index is 1070. The Morgan fingerprint density at radius 3 is 1.06 bits per heavy atom. The van der Waals surface area contributed by atoms with E-state index in [4.69, 9.17) is 45.2 Å². The van der Waals surface area contributed by atoms with E-state index in [2.05, 4.69) is 137 Å². The fraction of sp³-hybridized carbons (Fsp3) is 1.00. The van der Waals surface area contributed by atoms with Crippen LogP contribution < -0.4 is 0 Å². The fourth-order valence-electron chi connectivity index (χ4n) is 5.84. The maximum absolute atomic E-state index is 11.5. The van der Waals surface area contributed by atoms with Crippen LogP contribution in [-0.4, -0.2) is 138 Å². The smallest absolute Gasteiger partial charge is 0.186 e. The number of hydrogen-bond donors (Lipinski definition) is 1. The van der Waals surface area contributed by atoms with E-state index in [0.29, 0.717) is 6.61 Å². The van der Waals surface area contributed by atoms with Crippen molar-refractivity contribution in [3.8, 4) is 0 Å². The lowest BCUT2D eigenvalue weighted by Crippen LogP contribution is -2.69. The molecule has 0 aromatic carbocycles. The number of aliphatic hydroxyl groups excluding tert-OH is 1. The molecule has 2 aliphatic heterocycles. The van der Waals surface area contributed by atoms with Crippen LogP contribution in [0, 0.1) is 0 Å². The van der Waals surface area contributed by atoms with E-state index in [0.717, 1.165) is 0 Å². The molecule has 0 aliphatic carbocycles. The molecule has 51 heavy (non-hydrogen) atoms. The van der Waals surface area contributed by atoms with Crippen LogP contribution in [0.4, 0.5) is 0 Å². The molecule has 0 saturated carbocycles. The van der Waals surface area contributed by atoms with Crippen molar-refractivity contribution >= 4 is 58.2 Å². The van der Waals surface area contributed by atoms with Gasteiger partial charge in [-0.3, -0.25) is 0 Å². The lowest BCUT2D eigenvalue weighted by atomic mass is 9.97. The second-order valence-electron chi connectivity index (χ2n) is 21.0. The van der Waals surface area contributed by atoms with E-state index >= 15 is 0 Å². The summed E-state index contributed by atoms with van der Waals surface area (Å²) in [6.07, 6.45) is -6.86. The molecule has 0 aromatic rings.